The van der Waals surface area contributed by atoms with Gasteiger partial charge in [0.15, 0.2) is 0 Å². The molecular formula is C6H6N2O3. The highest BCUT2D eigenvalue weighted by Gasteiger charge is 2.04. The van der Waals surface area contributed by atoms with Crippen molar-refractivity contribution in [1.82, 2.24) is 10.2 Å². The molecule has 0 aliphatic rings. The quantitative estimate of drug-likeness (QED) is 0.657. The summed E-state index contributed by atoms with van der Waals surface area (Å²) >= 11 is 0. The van der Waals surface area contributed by atoms with E-state index in [2.05, 4.69) is 14.9 Å². The third-order valence-electron chi connectivity index (χ3n) is 1.09. The van der Waals surface area contributed by atoms with E-state index >= 15 is 0 Å². The maximum Gasteiger partial charge on any atom is 0.337 e. The minimum Gasteiger partial charge on any atom is -0.480 e. The smallest absolute Gasteiger partial charge is 0.337 e. The van der Waals surface area contributed by atoms with E-state index in [0.29, 0.717) is 0 Å². The van der Waals surface area contributed by atoms with E-state index < -0.39 is 5.97 Å². The molecule has 1 heterocycles. The van der Waals surface area contributed by atoms with Gasteiger partial charge in [0.1, 0.15) is 0 Å². The normalized spacial score (nSPS) is 9.18. The van der Waals surface area contributed by atoms with Gasteiger partial charge >= 0.3 is 5.97 Å². The van der Waals surface area contributed by atoms with Gasteiger partial charge in [-0.3, -0.25) is 0 Å². The standard InChI is InChI=1S/C6H6N2O3/c1-11-5-2-4(6(9)10)3-7-8-5/h2-3H,1H3,(H,9,10). The molecule has 0 unspecified atom stereocenters. The summed E-state index contributed by atoms with van der Waals surface area (Å²) in [4.78, 5) is 10.3. The molecule has 0 aliphatic heterocycles. The van der Waals surface area contributed by atoms with Crippen molar-refractivity contribution < 1.29 is 14.6 Å². The van der Waals surface area contributed by atoms with Crippen molar-refractivity contribution in [2.45, 2.75) is 0 Å². The van der Waals surface area contributed by atoms with Crippen molar-refractivity contribution in [3.05, 3.63) is 17.8 Å². The minimum absolute atomic E-state index is 0.0665. The van der Waals surface area contributed by atoms with Crippen molar-refractivity contribution in [2.24, 2.45) is 0 Å². The minimum atomic E-state index is -1.04. The van der Waals surface area contributed by atoms with Crippen LogP contribution in [0.15, 0.2) is 12.3 Å². The Bertz CT molecular complexity index is 274. The molecule has 5 nitrogen and oxygen atoms in total. The van der Waals surface area contributed by atoms with Gasteiger partial charge in [-0.2, -0.15) is 5.10 Å². The topological polar surface area (TPSA) is 72.3 Å². The fraction of sp³-hybridized carbons (Fsp3) is 0.167. The molecule has 0 fully saturated rings. The lowest BCUT2D eigenvalue weighted by Gasteiger charge is -1.96. The molecular weight excluding hydrogens is 148 g/mol. The van der Waals surface area contributed by atoms with E-state index in [4.69, 9.17) is 5.11 Å². The van der Waals surface area contributed by atoms with Gasteiger partial charge < -0.3 is 9.84 Å². The summed E-state index contributed by atoms with van der Waals surface area (Å²) in [5.41, 5.74) is 0.0665. The van der Waals surface area contributed by atoms with Gasteiger partial charge in [-0.25, -0.2) is 4.79 Å². The molecule has 0 bridgehead atoms. The summed E-state index contributed by atoms with van der Waals surface area (Å²) in [5, 5.41) is 15.4. The third-order valence-corrected chi connectivity index (χ3v) is 1.09. The Kier molecular flexibility index (Phi) is 2.00. The molecule has 0 radical (unpaired) electrons. The fourth-order valence-electron chi connectivity index (χ4n) is 0.564. The molecule has 1 aromatic heterocycles. The number of hydrogen-bond acceptors (Lipinski definition) is 4. The van der Waals surface area contributed by atoms with Gasteiger partial charge in [0.2, 0.25) is 5.88 Å². The first-order chi connectivity index (χ1) is 5.24. The maximum atomic E-state index is 10.3. The zero-order chi connectivity index (χ0) is 8.27. The van der Waals surface area contributed by atoms with E-state index in [1.165, 1.54) is 13.2 Å². The summed E-state index contributed by atoms with van der Waals surface area (Å²) in [5.74, 6) is -0.844. The van der Waals surface area contributed by atoms with Crippen molar-refractivity contribution in [3.8, 4) is 5.88 Å². The maximum absolute atomic E-state index is 10.3. The van der Waals surface area contributed by atoms with E-state index in [0.717, 1.165) is 6.20 Å². The molecule has 58 valence electrons. The SMILES string of the molecule is COc1cc(C(=O)O)cnn1. The van der Waals surface area contributed by atoms with Gasteiger partial charge in [0, 0.05) is 6.07 Å². The van der Waals surface area contributed by atoms with Gasteiger partial charge in [0.25, 0.3) is 0 Å². The number of carbonyl (C=O) groups is 1. The van der Waals surface area contributed by atoms with Crippen LogP contribution in [0.25, 0.3) is 0 Å². The second kappa shape index (κ2) is 2.96. The average Bonchev–Trinajstić information content (AvgIpc) is 2.05. The summed E-state index contributed by atoms with van der Waals surface area (Å²) in [6, 6.07) is 1.30. The summed E-state index contributed by atoms with van der Waals surface area (Å²) < 4.78 is 4.67. The highest BCUT2D eigenvalue weighted by atomic mass is 16.5. The number of ether oxygens (including phenoxy) is 1. The molecule has 0 amide bonds. The fourth-order valence-corrected chi connectivity index (χ4v) is 0.564. The second-order valence-corrected chi connectivity index (χ2v) is 1.79. The van der Waals surface area contributed by atoms with Crippen molar-refractivity contribution in [2.75, 3.05) is 7.11 Å². The van der Waals surface area contributed by atoms with Crippen LogP contribution in [-0.2, 0) is 0 Å². The van der Waals surface area contributed by atoms with Crippen LogP contribution in [0, 0.1) is 0 Å². The lowest BCUT2D eigenvalue weighted by Crippen LogP contribution is -1.99. The van der Waals surface area contributed by atoms with Crippen LogP contribution in [0.4, 0.5) is 0 Å². The number of methoxy groups -OCH3 is 1. The molecule has 0 aromatic carbocycles. The molecule has 5 heteroatoms. The van der Waals surface area contributed by atoms with Crippen LogP contribution in [0.5, 0.6) is 5.88 Å². The Labute approximate surface area is 62.6 Å². The van der Waals surface area contributed by atoms with Crippen molar-refractivity contribution >= 4 is 5.97 Å². The zero-order valence-electron chi connectivity index (χ0n) is 5.81. The summed E-state index contributed by atoms with van der Waals surface area (Å²) in [6.45, 7) is 0. The number of rotatable bonds is 2. The number of carboxylic acid groups (broad SMARTS) is 1. The van der Waals surface area contributed by atoms with Gasteiger partial charge in [-0.05, 0) is 0 Å². The Morgan fingerprint density at radius 2 is 2.45 bits per heavy atom. The van der Waals surface area contributed by atoms with Crippen LogP contribution in [-0.4, -0.2) is 28.4 Å². The number of aromatic nitrogens is 2. The molecule has 1 aromatic rings. The first-order valence-corrected chi connectivity index (χ1v) is 2.84. The number of nitrogens with zero attached hydrogens (tertiary/aromatic N) is 2. The van der Waals surface area contributed by atoms with Gasteiger partial charge in [-0.15, -0.1) is 5.10 Å². The molecule has 0 saturated carbocycles. The van der Waals surface area contributed by atoms with Crippen LogP contribution < -0.4 is 4.74 Å². The molecule has 0 aliphatic carbocycles. The predicted octanol–water partition coefficient (Wildman–Crippen LogP) is 0.183. The highest BCUT2D eigenvalue weighted by molar-refractivity contribution is 5.87. The molecule has 0 saturated heterocycles. The van der Waals surface area contributed by atoms with Crippen LogP contribution in [0.1, 0.15) is 10.4 Å². The van der Waals surface area contributed by atoms with Gasteiger partial charge in [-0.1, -0.05) is 0 Å². The summed E-state index contributed by atoms with van der Waals surface area (Å²) in [6.07, 6.45) is 1.16. The average molecular weight is 154 g/mol. The first-order valence-electron chi connectivity index (χ1n) is 2.84. The zero-order valence-corrected chi connectivity index (χ0v) is 5.81. The van der Waals surface area contributed by atoms with E-state index in [1.807, 2.05) is 0 Å². The van der Waals surface area contributed by atoms with E-state index in [9.17, 15) is 4.79 Å². The largest absolute Gasteiger partial charge is 0.480 e. The predicted molar refractivity (Wildman–Crippen MR) is 35.5 cm³/mol. The van der Waals surface area contributed by atoms with Crippen LogP contribution in [0.2, 0.25) is 0 Å². The second-order valence-electron chi connectivity index (χ2n) is 1.79. The number of aromatic carboxylic acids is 1. The Balaban J connectivity index is 3.01. The molecule has 1 N–H and O–H groups in total. The lowest BCUT2D eigenvalue weighted by atomic mass is 10.3. The van der Waals surface area contributed by atoms with Crippen LogP contribution in [0.3, 0.4) is 0 Å². The third kappa shape index (κ3) is 1.64. The molecule has 11 heavy (non-hydrogen) atoms. The summed E-state index contributed by atoms with van der Waals surface area (Å²) in [7, 11) is 1.40. The van der Waals surface area contributed by atoms with Gasteiger partial charge in [0.05, 0.1) is 18.9 Å². The molecule has 0 spiro atoms. The Morgan fingerprint density at radius 3 is 3.00 bits per heavy atom. The first kappa shape index (κ1) is 7.46. The van der Waals surface area contributed by atoms with Crippen LogP contribution >= 0.6 is 0 Å². The lowest BCUT2D eigenvalue weighted by molar-refractivity contribution is 0.0695. The van der Waals surface area contributed by atoms with Crippen molar-refractivity contribution in [1.29, 1.82) is 0 Å². The highest BCUT2D eigenvalue weighted by Crippen LogP contribution is 2.05. The Hall–Kier alpha value is -1.65. The van der Waals surface area contributed by atoms with E-state index in [-0.39, 0.29) is 11.4 Å². The molecule has 0 atom stereocenters. The van der Waals surface area contributed by atoms with E-state index in [1.54, 1.807) is 0 Å². The number of carboxylic acids is 1. The number of hydrogen-bond donors (Lipinski definition) is 1. The molecule has 1 rings (SSSR count). The monoisotopic (exact) mass is 154 g/mol. The Morgan fingerprint density at radius 1 is 1.73 bits per heavy atom. The van der Waals surface area contributed by atoms with Crippen molar-refractivity contribution in [3.63, 3.8) is 0 Å².